The van der Waals surface area contributed by atoms with E-state index in [1.807, 2.05) is 0 Å². The molecule has 1 aromatic rings. The molecule has 0 radical (unpaired) electrons. The number of hydrogen-bond donors (Lipinski definition) is 1. The monoisotopic (exact) mass is 359 g/mol. The lowest BCUT2D eigenvalue weighted by molar-refractivity contribution is -0.116. The molecule has 8 heteroatoms. The Morgan fingerprint density at radius 2 is 2.32 bits per heavy atom. The molecule has 0 bridgehead atoms. The predicted molar refractivity (Wildman–Crippen MR) is 94.5 cm³/mol. The summed E-state index contributed by atoms with van der Waals surface area (Å²) >= 11 is 6.32. The minimum absolute atomic E-state index is 0.157. The van der Waals surface area contributed by atoms with E-state index in [4.69, 9.17) is 11.6 Å². The third-order valence-electron chi connectivity index (χ3n) is 3.30. The van der Waals surface area contributed by atoms with E-state index >= 15 is 0 Å². The molecule has 5 nitrogen and oxygen atoms in total. The lowest BCUT2D eigenvalue weighted by Gasteiger charge is -2.24. The van der Waals surface area contributed by atoms with Gasteiger partial charge in [0.1, 0.15) is 14.8 Å². The number of hydrogen-bond acceptors (Lipinski definition) is 5. The van der Waals surface area contributed by atoms with Gasteiger partial charge >= 0.3 is 0 Å². The van der Waals surface area contributed by atoms with Crippen LogP contribution < -0.4 is 5.32 Å². The van der Waals surface area contributed by atoms with Crippen molar-refractivity contribution in [1.82, 2.24) is 4.98 Å². The quantitative estimate of drug-likeness (QED) is 0.820. The van der Waals surface area contributed by atoms with E-state index in [0.717, 1.165) is 23.5 Å². The second kappa shape index (κ2) is 7.12. The number of nitrogens with zero attached hydrogens (tertiary/aromatic N) is 2. The Morgan fingerprint density at radius 1 is 1.59 bits per heavy atom. The van der Waals surface area contributed by atoms with Gasteiger partial charge in [0, 0.05) is 18.3 Å². The van der Waals surface area contributed by atoms with Gasteiger partial charge in [0.15, 0.2) is 5.15 Å². The molecule has 1 amide bonds. The van der Waals surface area contributed by atoms with Crippen molar-refractivity contribution < 1.29 is 9.35 Å². The van der Waals surface area contributed by atoms with Crippen molar-refractivity contribution in [3.05, 3.63) is 16.2 Å². The third-order valence-corrected chi connectivity index (χ3v) is 6.41. The van der Waals surface area contributed by atoms with Gasteiger partial charge in [0.2, 0.25) is 5.91 Å². The van der Waals surface area contributed by atoms with Crippen LogP contribution in [0.4, 0.5) is 5.00 Å². The molecule has 1 unspecified atom stereocenters. The number of carbonyl (C=O) groups excluding carboxylic acids is 1. The molecule has 1 aliphatic heterocycles. The van der Waals surface area contributed by atoms with Crippen molar-refractivity contribution in [3.8, 4) is 0 Å². The molecule has 0 spiro atoms. The molecule has 0 fully saturated rings. The largest absolute Gasteiger partial charge is 0.616 e. The fourth-order valence-electron chi connectivity index (χ4n) is 1.81. The minimum Gasteiger partial charge on any atom is -0.616 e. The molecular weight excluding hydrogens is 342 g/mol. The maximum atomic E-state index is 12.1. The van der Waals surface area contributed by atoms with E-state index in [9.17, 15) is 9.35 Å². The third kappa shape index (κ3) is 4.32. The Morgan fingerprint density at radius 3 is 2.91 bits per heavy atom. The number of rotatable bonds is 5. The Hall–Kier alpha value is -0.890. The van der Waals surface area contributed by atoms with Gasteiger partial charge in [-0.1, -0.05) is 40.2 Å². The van der Waals surface area contributed by atoms with Crippen LogP contribution in [-0.4, -0.2) is 39.2 Å². The number of amides is 1. The minimum atomic E-state index is -1.09. The summed E-state index contributed by atoms with van der Waals surface area (Å²) in [7, 11) is 0. The fourth-order valence-corrected chi connectivity index (χ4v) is 3.32. The van der Waals surface area contributed by atoms with Crippen LogP contribution in [0.15, 0.2) is 11.1 Å². The van der Waals surface area contributed by atoms with Gasteiger partial charge in [0.05, 0.1) is 12.7 Å². The predicted octanol–water partition coefficient (Wildman–Crippen LogP) is 3.14. The average molecular weight is 360 g/mol. The van der Waals surface area contributed by atoms with Gasteiger partial charge in [0.25, 0.3) is 0 Å². The molecule has 22 heavy (non-hydrogen) atoms. The lowest BCUT2D eigenvalue weighted by atomic mass is 10.1. The highest BCUT2D eigenvalue weighted by Crippen LogP contribution is 2.33. The van der Waals surface area contributed by atoms with Crippen LogP contribution >= 0.6 is 22.9 Å². The first-order chi connectivity index (χ1) is 10.3. The zero-order chi connectivity index (χ0) is 16.3. The summed E-state index contributed by atoms with van der Waals surface area (Å²) in [5, 5.41) is 4.28. The van der Waals surface area contributed by atoms with Gasteiger partial charge in [-0.15, -0.1) is 0 Å². The highest BCUT2D eigenvalue weighted by atomic mass is 35.5. The van der Waals surface area contributed by atoms with Crippen LogP contribution in [0.2, 0.25) is 5.15 Å². The fraction of sp³-hybridized carbons (Fsp3) is 0.500. The molecule has 0 aliphatic carbocycles. The number of carbonyl (C=O) groups is 1. The van der Waals surface area contributed by atoms with Crippen LogP contribution in [0, 0.1) is 0 Å². The topological polar surface area (TPSA) is 77.4 Å². The number of halogens is 1. The lowest BCUT2D eigenvalue weighted by Crippen LogP contribution is -2.35. The van der Waals surface area contributed by atoms with Crippen LogP contribution in [0.3, 0.4) is 0 Å². The summed E-state index contributed by atoms with van der Waals surface area (Å²) in [4.78, 5) is 20.6. The highest BCUT2D eigenvalue weighted by Gasteiger charge is 2.31. The van der Waals surface area contributed by atoms with Crippen LogP contribution in [-0.2, 0) is 16.0 Å². The van der Waals surface area contributed by atoms with Crippen molar-refractivity contribution in [1.29, 1.82) is 0 Å². The average Bonchev–Trinajstić information content (AvgIpc) is 2.80. The van der Waals surface area contributed by atoms with E-state index in [-0.39, 0.29) is 17.5 Å². The van der Waals surface area contributed by atoms with Crippen LogP contribution in [0.25, 0.3) is 5.57 Å². The second-order valence-corrected chi connectivity index (χ2v) is 8.93. The molecule has 0 saturated carbocycles. The van der Waals surface area contributed by atoms with E-state index in [2.05, 4.69) is 21.4 Å². The number of aromatic nitrogens is 1. The Kier molecular flexibility index (Phi) is 5.65. The number of nitrogens with one attached hydrogen (secondary N) is 1. The van der Waals surface area contributed by atoms with Gasteiger partial charge in [-0.25, -0.2) is 4.98 Å². The van der Waals surface area contributed by atoms with E-state index in [1.165, 1.54) is 11.3 Å². The van der Waals surface area contributed by atoms with E-state index < -0.39 is 15.9 Å². The van der Waals surface area contributed by atoms with Crippen molar-refractivity contribution in [3.63, 3.8) is 0 Å². The Balaban J connectivity index is 2.07. The molecule has 0 aromatic carbocycles. The summed E-state index contributed by atoms with van der Waals surface area (Å²) in [6.07, 6.45) is 6.45. The number of aliphatic imine (C=N–C) groups is 1. The summed E-state index contributed by atoms with van der Waals surface area (Å²) in [6.45, 7) is 4.38. The zero-order valence-corrected chi connectivity index (χ0v) is 15.1. The first kappa shape index (κ1) is 17.5. The first-order valence-corrected chi connectivity index (χ1v) is 9.55. The summed E-state index contributed by atoms with van der Waals surface area (Å²) in [6, 6.07) is 0. The summed E-state index contributed by atoms with van der Waals surface area (Å²) < 4.78 is 11.0. The van der Waals surface area contributed by atoms with Crippen molar-refractivity contribution in [2.75, 3.05) is 18.1 Å². The maximum Gasteiger partial charge on any atom is 0.230 e. The molecule has 1 N–H and O–H groups in total. The van der Waals surface area contributed by atoms with Gasteiger partial charge < -0.3 is 9.87 Å². The van der Waals surface area contributed by atoms with Crippen LogP contribution in [0.1, 0.15) is 31.7 Å². The van der Waals surface area contributed by atoms with Crippen molar-refractivity contribution in [2.45, 2.75) is 31.4 Å². The smallest absolute Gasteiger partial charge is 0.230 e. The van der Waals surface area contributed by atoms with Gasteiger partial charge in [-0.3, -0.25) is 9.79 Å². The molecule has 0 saturated heterocycles. The van der Waals surface area contributed by atoms with Crippen molar-refractivity contribution in [2.24, 2.45) is 4.99 Å². The van der Waals surface area contributed by atoms with Crippen molar-refractivity contribution >= 4 is 56.8 Å². The highest BCUT2D eigenvalue weighted by molar-refractivity contribution is 7.92. The molecule has 120 valence electrons. The molecule has 1 aromatic heterocycles. The number of thiazole rings is 1. The van der Waals surface area contributed by atoms with Gasteiger partial charge in [-0.2, -0.15) is 0 Å². The summed E-state index contributed by atoms with van der Waals surface area (Å²) in [5.41, 5.74) is 0.925. The second-order valence-electron chi connectivity index (χ2n) is 5.56. The first-order valence-electron chi connectivity index (χ1n) is 6.79. The standard InChI is InChI=1S/C14H18ClN3O2S2/c1-14(2,22(3)20)7-10(19)17-13-11(15)18-12(21-13)9-5-4-6-16-8-9/h5,8H,4,6-7H2,1-3H3,(H,17,19). The van der Waals surface area contributed by atoms with E-state index in [0.29, 0.717) is 5.00 Å². The van der Waals surface area contributed by atoms with Crippen LogP contribution in [0.5, 0.6) is 0 Å². The number of allylic oxidation sites excluding steroid dienone is 1. The zero-order valence-electron chi connectivity index (χ0n) is 12.7. The molecule has 1 aliphatic rings. The van der Waals surface area contributed by atoms with E-state index in [1.54, 1.807) is 26.3 Å². The maximum absolute atomic E-state index is 12.1. The Labute approximate surface area is 142 Å². The summed E-state index contributed by atoms with van der Waals surface area (Å²) in [5.74, 6) is -0.219. The molecular formula is C14H18ClN3O2S2. The van der Waals surface area contributed by atoms with Gasteiger partial charge in [-0.05, 0) is 20.3 Å². The molecule has 1 atom stereocenters. The molecule has 2 rings (SSSR count). The number of dihydropyridines is 1. The number of anilines is 1. The normalized spacial score (nSPS) is 16.3. The SMILES string of the molecule is C[S+]([O-])C(C)(C)CC(=O)Nc1sc(C2=CCCN=C2)nc1Cl. The Bertz CT molecular complexity index is 624. The molecule has 2 heterocycles.